The molecule has 3 rings (SSSR count). The Morgan fingerprint density at radius 3 is 2.08 bits per heavy atom. The molecule has 4 heteroatoms. The van der Waals surface area contributed by atoms with Gasteiger partial charge in [0.15, 0.2) is 9.84 Å². The van der Waals surface area contributed by atoms with E-state index in [2.05, 4.69) is 0 Å². The van der Waals surface area contributed by atoms with Gasteiger partial charge in [0.1, 0.15) is 0 Å². The molecule has 1 aliphatic rings. The van der Waals surface area contributed by atoms with Gasteiger partial charge >= 0.3 is 0 Å². The van der Waals surface area contributed by atoms with Gasteiger partial charge in [-0.2, -0.15) is 11.8 Å². The first-order valence-electron chi connectivity index (χ1n) is 8.63. The molecule has 1 aliphatic carbocycles. The minimum absolute atomic E-state index is 0.420. The Morgan fingerprint density at radius 2 is 1.46 bits per heavy atom. The highest BCUT2D eigenvalue weighted by Crippen LogP contribution is 2.36. The van der Waals surface area contributed by atoms with Crippen LogP contribution in [0.4, 0.5) is 0 Å². The topological polar surface area (TPSA) is 34.1 Å². The van der Waals surface area contributed by atoms with Crippen molar-refractivity contribution in [1.29, 1.82) is 0 Å². The van der Waals surface area contributed by atoms with E-state index in [0.717, 1.165) is 5.56 Å². The molecule has 0 heterocycles. The standard InChI is InChI=1S/C20H24O2S2/c21-24(22,19-14-8-3-9-15-19)20(17-10-4-1-5-11-17)16-23-18-12-6-2-7-13-18/h1,3-5,8-11,14-15,18,20H,2,6-7,12-13,16H2. The summed E-state index contributed by atoms with van der Waals surface area (Å²) in [5.74, 6) is 0.631. The van der Waals surface area contributed by atoms with Gasteiger partial charge in [0.2, 0.25) is 0 Å². The molecule has 0 amide bonds. The predicted octanol–water partition coefficient (Wildman–Crippen LogP) is 5.27. The molecular formula is C20H24O2S2. The number of benzene rings is 2. The second-order valence-electron chi connectivity index (χ2n) is 6.35. The summed E-state index contributed by atoms with van der Waals surface area (Å²) in [4.78, 5) is 0.420. The Morgan fingerprint density at radius 1 is 0.875 bits per heavy atom. The van der Waals surface area contributed by atoms with Crippen LogP contribution in [0.25, 0.3) is 0 Å². The van der Waals surface area contributed by atoms with E-state index in [1.165, 1.54) is 32.1 Å². The highest BCUT2D eigenvalue weighted by Gasteiger charge is 2.30. The number of sulfone groups is 1. The molecule has 2 nitrogen and oxygen atoms in total. The highest BCUT2D eigenvalue weighted by atomic mass is 32.2. The van der Waals surface area contributed by atoms with E-state index in [1.807, 2.05) is 48.2 Å². The van der Waals surface area contributed by atoms with Crippen LogP contribution < -0.4 is 0 Å². The normalized spacial score (nSPS) is 17.5. The lowest BCUT2D eigenvalue weighted by Gasteiger charge is -2.24. The van der Waals surface area contributed by atoms with E-state index in [0.29, 0.717) is 15.9 Å². The minimum Gasteiger partial charge on any atom is -0.223 e. The van der Waals surface area contributed by atoms with Crippen molar-refractivity contribution in [3.63, 3.8) is 0 Å². The van der Waals surface area contributed by atoms with Gasteiger partial charge < -0.3 is 0 Å². The van der Waals surface area contributed by atoms with Crippen LogP contribution in [-0.2, 0) is 9.84 Å². The number of hydrogen-bond acceptors (Lipinski definition) is 3. The summed E-state index contributed by atoms with van der Waals surface area (Å²) >= 11 is 1.84. The second kappa shape index (κ2) is 8.21. The summed E-state index contributed by atoms with van der Waals surface area (Å²) in [6.07, 6.45) is 6.31. The third-order valence-corrected chi connectivity index (χ3v) is 8.45. The molecule has 0 saturated heterocycles. The zero-order valence-corrected chi connectivity index (χ0v) is 15.4. The Kier molecular flexibility index (Phi) is 6.01. The number of hydrogen-bond donors (Lipinski definition) is 0. The molecule has 24 heavy (non-hydrogen) atoms. The molecule has 0 bridgehead atoms. The maximum absolute atomic E-state index is 13.2. The summed E-state index contributed by atoms with van der Waals surface area (Å²) in [5.41, 5.74) is 0.893. The van der Waals surface area contributed by atoms with Gasteiger partial charge in [0.25, 0.3) is 0 Å². The molecule has 1 unspecified atom stereocenters. The largest absolute Gasteiger partial charge is 0.223 e. The summed E-state index contributed by atoms with van der Waals surface area (Å²) in [5, 5.41) is 0.129. The van der Waals surface area contributed by atoms with E-state index in [9.17, 15) is 8.42 Å². The molecule has 0 radical (unpaired) electrons. The Labute approximate surface area is 149 Å². The van der Waals surface area contributed by atoms with E-state index < -0.39 is 15.1 Å². The zero-order valence-electron chi connectivity index (χ0n) is 13.8. The third-order valence-electron chi connectivity index (χ3n) is 4.65. The van der Waals surface area contributed by atoms with Crippen molar-refractivity contribution in [2.24, 2.45) is 0 Å². The highest BCUT2D eigenvalue weighted by molar-refractivity contribution is 8.01. The van der Waals surface area contributed by atoms with Crippen molar-refractivity contribution in [3.05, 3.63) is 66.2 Å². The van der Waals surface area contributed by atoms with Crippen LogP contribution in [0.3, 0.4) is 0 Å². The Bertz CT molecular complexity index is 721. The van der Waals surface area contributed by atoms with Crippen LogP contribution in [0, 0.1) is 0 Å². The maximum atomic E-state index is 13.2. The van der Waals surface area contributed by atoms with Crippen molar-refractivity contribution >= 4 is 21.6 Å². The van der Waals surface area contributed by atoms with E-state index >= 15 is 0 Å². The third kappa shape index (κ3) is 4.22. The van der Waals surface area contributed by atoms with Crippen molar-refractivity contribution in [2.45, 2.75) is 47.5 Å². The van der Waals surface area contributed by atoms with Crippen LogP contribution in [0.5, 0.6) is 0 Å². The smallest absolute Gasteiger partial charge is 0.186 e. The van der Waals surface area contributed by atoms with Crippen molar-refractivity contribution in [1.82, 2.24) is 0 Å². The molecule has 0 aliphatic heterocycles. The molecule has 2 aromatic carbocycles. The van der Waals surface area contributed by atoms with Crippen molar-refractivity contribution in [3.8, 4) is 0 Å². The van der Waals surface area contributed by atoms with Crippen molar-refractivity contribution < 1.29 is 8.42 Å². The lowest BCUT2D eigenvalue weighted by Crippen LogP contribution is -2.19. The number of rotatable bonds is 6. The molecular weight excluding hydrogens is 336 g/mol. The lowest BCUT2D eigenvalue weighted by molar-refractivity contribution is 0.516. The van der Waals surface area contributed by atoms with E-state index in [4.69, 9.17) is 0 Å². The quantitative estimate of drug-likeness (QED) is 0.704. The fraction of sp³-hybridized carbons (Fsp3) is 0.400. The van der Waals surface area contributed by atoms with Crippen molar-refractivity contribution in [2.75, 3.05) is 5.75 Å². The van der Waals surface area contributed by atoms with E-state index in [1.54, 1.807) is 24.3 Å². The summed E-state index contributed by atoms with van der Waals surface area (Å²) in [6.45, 7) is 0. The van der Waals surface area contributed by atoms with Gasteiger partial charge in [-0.25, -0.2) is 8.42 Å². The molecule has 128 valence electrons. The van der Waals surface area contributed by atoms with Gasteiger partial charge in [0.05, 0.1) is 10.1 Å². The molecule has 1 saturated carbocycles. The average Bonchev–Trinajstić information content (AvgIpc) is 2.64. The summed E-state index contributed by atoms with van der Waals surface area (Å²) < 4.78 is 26.4. The van der Waals surface area contributed by atoms with Gasteiger partial charge in [-0.3, -0.25) is 0 Å². The summed E-state index contributed by atoms with van der Waals surface area (Å²) in [6, 6.07) is 18.5. The molecule has 0 aromatic heterocycles. The molecule has 0 spiro atoms. The first kappa shape index (κ1) is 17.6. The molecule has 0 N–H and O–H groups in total. The van der Waals surface area contributed by atoms with Crippen LogP contribution in [0.15, 0.2) is 65.6 Å². The zero-order chi connectivity index (χ0) is 16.8. The van der Waals surface area contributed by atoms with Gasteiger partial charge in [-0.05, 0) is 30.5 Å². The second-order valence-corrected chi connectivity index (χ2v) is 9.81. The van der Waals surface area contributed by atoms with Crippen LogP contribution in [0.1, 0.15) is 42.9 Å². The maximum Gasteiger partial charge on any atom is 0.186 e. The first-order valence-corrected chi connectivity index (χ1v) is 11.2. The van der Waals surface area contributed by atoms with E-state index in [-0.39, 0.29) is 0 Å². The lowest BCUT2D eigenvalue weighted by atomic mass is 10.0. The Hall–Kier alpha value is -1.26. The van der Waals surface area contributed by atoms with Gasteiger partial charge in [-0.15, -0.1) is 0 Å². The first-order chi connectivity index (χ1) is 11.7. The predicted molar refractivity (Wildman–Crippen MR) is 102 cm³/mol. The summed E-state index contributed by atoms with van der Waals surface area (Å²) in [7, 11) is -3.38. The average molecular weight is 361 g/mol. The monoisotopic (exact) mass is 360 g/mol. The molecule has 1 atom stereocenters. The SMILES string of the molecule is O=S(=O)(c1ccccc1)C(CSC1CCCCC1)c1ccccc1. The molecule has 2 aromatic rings. The van der Waals surface area contributed by atoms with Crippen LogP contribution in [0.2, 0.25) is 0 Å². The minimum atomic E-state index is -3.38. The van der Waals surface area contributed by atoms with Gasteiger partial charge in [-0.1, -0.05) is 67.8 Å². The Balaban J connectivity index is 1.85. The van der Waals surface area contributed by atoms with Crippen LogP contribution in [-0.4, -0.2) is 19.4 Å². The van der Waals surface area contributed by atoms with Gasteiger partial charge in [0, 0.05) is 11.0 Å². The fourth-order valence-corrected chi connectivity index (χ4v) is 6.90. The fourth-order valence-electron chi connectivity index (χ4n) is 3.26. The molecule has 1 fully saturated rings. The van der Waals surface area contributed by atoms with Crippen LogP contribution >= 0.6 is 11.8 Å². The number of thioether (sulfide) groups is 1.